The lowest BCUT2D eigenvalue weighted by Crippen LogP contribution is -2.36. The van der Waals surface area contributed by atoms with E-state index in [4.69, 9.17) is 10.4 Å². The molecule has 0 aliphatic rings. The molecule has 110 valence electrons. The normalized spacial score (nSPS) is 14.5. The fourth-order valence-corrected chi connectivity index (χ4v) is 2.81. The van der Waals surface area contributed by atoms with Crippen molar-refractivity contribution in [2.24, 2.45) is 5.92 Å². The largest absolute Gasteiger partial charge is 0.396 e. The molecule has 5 nitrogen and oxygen atoms in total. The SMILES string of the molecule is CC(CO)C(C)NCCS(=O)(=O)c1ccc(C#N)cc1. The van der Waals surface area contributed by atoms with Gasteiger partial charge in [-0.05, 0) is 37.1 Å². The van der Waals surface area contributed by atoms with Gasteiger partial charge in [-0.2, -0.15) is 5.26 Å². The second-order valence-electron chi connectivity index (χ2n) is 4.86. The van der Waals surface area contributed by atoms with E-state index in [9.17, 15) is 8.42 Å². The molecule has 2 atom stereocenters. The third-order valence-electron chi connectivity index (χ3n) is 3.32. The first-order valence-corrected chi connectivity index (χ1v) is 8.13. The van der Waals surface area contributed by atoms with Gasteiger partial charge in [-0.3, -0.25) is 0 Å². The number of nitrogens with zero attached hydrogens (tertiary/aromatic N) is 1. The monoisotopic (exact) mass is 296 g/mol. The van der Waals surface area contributed by atoms with E-state index in [1.54, 1.807) is 0 Å². The average Bonchev–Trinajstić information content (AvgIpc) is 2.46. The van der Waals surface area contributed by atoms with Crippen LogP contribution >= 0.6 is 0 Å². The van der Waals surface area contributed by atoms with Gasteiger partial charge in [0.1, 0.15) is 0 Å². The quantitative estimate of drug-likeness (QED) is 0.781. The fourth-order valence-electron chi connectivity index (χ4n) is 1.63. The highest BCUT2D eigenvalue weighted by molar-refractivity contribution is 7.91. The molecular weight excluding hydrogens is 276 g/mol. The topological polar surface area (TPSA) is 90.2 Å². The third-order valence-corrected chi connectivity index (χ3v) is 5.05. The summed E-state index contributed by atoms with van der Waals surface area (Å²) >= 11 is 0. The highest BCUT2D eigenvalue weighted by Gasteiger charge is 2.16. The zero-order valence-electron chi connectivity index (χ0n) is 11.7. The summed E-state index contributed by atoms with van der Waals surface area (Å²) in [6, 6.07) is 7.90. The van der Waals surface area contributed by atoms with Crippen molar-refractivity contribution in [2.45, 2.75) is 24.8 Å². The number of rotatable bonds is 7. The minimum atomic E-state index is -3.35. The molecule has 0 heterocycles. The molecule has 0 spiro atoms. The molecule has 0 radical (unpaired) electrons. The predicted molar refractivity (Wildman–Crippen MR) is 76.9 cm³/mol. The highest BCUT2D eigenvalue weighted by atomic mass is 32.2. The highest BCUT2D eigenvalue weighted by Crippen LogP contribution is 2.12. The molecule has 1 aromatic rings. The molecular formula is C14H20N2O3S. The molecule has 0 aliphatic carbocycles. The Morgan fingerprint density at radius 2 is 1.90 bits per heavy atom. The number of hydrogen-bond acceptors (Lipinski definition) is 5. The summed E-state index contributed by atoms with van der Waals surface area (Å²) in [7, 11) is -3.35. The van der Waals surface area contributed by atoms with Crippen molar-refractivity contribution >= 4 is 9.84 Å². The third kappa shape index (κ3) is 4.60. The van der Waals surface area contributed by atoms with Crippen LogP contribution in [-0.2, 0) is 9.84 Å². The lowest BCUT2D eigenvalue weighted by Gasteiger charge is -2.19. The van der Waals surface area contributed by atoms with Crippen molar-refractivity contribution < 1.29 is 13.5 Å². The van der Waals surface area contributed by atoms with Crippen LogP contribution in [-0.4, -0.2) is 38.5 Å². The number of hydrogen-bond donors (Lipinski definition) is 2. The van der Waals surface area contributed by atoms with Crippen molar-refractivity contribution in [3.63, 3.8) is 0 Å². The van der Waals surface area contributed by atoms with E-state index in [2.05, 4.69) is 5.32 Å². The van der Waals surface area contributed by atoms with Gasteiger partial charge >= 0.3 is 0 Å². The summed E-state index contributed by atoms with van der Waals surface area (Å²) in [6.45, 7) is 4.20. The fraction of sp³-hybridized carbons (Fsp3) is 0.500. The smallest absolute Gasteiger partial charge is 0.179 e. The van der Waals surface area contributed by atoms with Crippen molar-refractivity contribution in [1.82, 2.24) is 5.32 Å². The zero-order valence-corrected chi connectivity index (χ0v) is 12.5. The van der Waals surface area contributed by atoms with E-state index in [1.165, 1.54) is 24.3 Å². The van der Waals surface area contributed by atoms with Crippen LogP contribution in [0.1, 0.15) is 19.4 Å². The minimum Gasteiger partial charge on any atom is -0.396 e. The molecule has 0 saturated carbocycles. The van der Waals surface area contributed by atoms with Crippen LogP contribution in [0.2, 0.25) is 0 Å². The molecule has 2 unspecified atom stereocenters. The Morgan fingerprint density at radius 3 is 2.40 bits per heavy atom. The van der Waals surface area contributed by atoms with Gasteiger partial charge in [0, 0.05) is 19.2 Å². The maximum absolute atomic E-state index is 12.1. The zero-order chi connectivity index (χ0) is 15.2. The minimum absolute atomic E-state index is 0.0125. The van der Waals surface area contributed by atoms with Crippen LogP contribution in [0.5, 0.6) is 0 Å². The average molecular weight is 296 g/mol. The van der Waals surface area contributed by atoms with Crippen LogP contribution in [0.3, 0.4) is 0 Å². The van der Waals surface area contributed by atoms with E-state index >= 15 is 0 Å². The van der Waals surface area contributed by atoms with Gasteiger partial charge in [0.05, 0.1) is 22.3 Å². The second kappa shape index (κ2) is 7.39. The molecule has 0 amide bonds. The van der Waals surface area contributed by atoms with E-state index in [-0.39, 0.29) is 29.2 Å². The van der Waals surface area contributed by atoms with E-state index in [0.29, 0.717) is 12.1 Å². The van der Waals surface area contributed by atoms with Gasteiger partial charge in [-0.15, -0.1) is 0 Å². The Kier molecular flexibility index (Phi) is 6.14. The van der Waals surface area contributed by atoms with Gasteiger partial charge in [0.2, 0.25) is 0 Å². The summed E-state index contributed by atoms with van der Waals surface area (Å²) in [4.78, 5) is 0.223. The summed E-state index contributed by atoms with van der Waals surface area (Å²) in [5.74, 6) is 0.0640. The predicted octanol–water partition coefficient (Wildman–Crippen LogP) is 0.938. The van der Waals surface area contributed by atoms with Gasteiger partial charge in [0.15, 0.2) is 9.84 Å². The van der Waals surface area contributed by atoms with Gasteiger partial charge in [-0.25, -0.2) is 8.42 Å². The summed E-state index contributed by atoms with van der Waals surface area (Å²) in [5, 5.41) is 20.8. The van der Waals surface area contributed by atoms with Gasteiger partial charge < -0.3 is 10.4 Å². The van der Waals surface area contributed by atoms with Crippen LogP contribution in [0.25, 0.3) is 0 Å². The van der Waals surface area contributed by atoms with Crippen LogP contribution < -0.4 is 5.32 Å². The van der Waals surface area contributed by atoms with Crippen LogP contribution in [0.4, 0.5) is 0 Å². The van der Waals surface area contributed by atoms with Gasteiger partial charge in [-0.1, -0.05) is 6.92 Å². The molecule has 1 rings (SSSR count). The first-order valence-electron chi connectivity index (χ1n) is 6.48. The van der Waals surface area contributed by atoms with Crippen molar-refractivity contribution in [2.75, 3.05) is 18.9 Å². The van der Waals surface area contributed by atoms with Crippen LogP contribution in [0, 0.1) is 17.2 Å². The standard InChI is InChI=1S/C14H20N2O3S/c1-11(10-17)12(2)16-7-8-20(18,19)14-5-3-13(9-15)4-6-14/h3-6,11-12,16-17H,7-8,10H2,1-2H3. The molecule has 2 N–H and O–H groups in total. The first kappa shape index (κ1) is 16.6. The van der Waals surface area contributed by atoms with E-state index in [1.807, 2.05) is 19.9 Å². The van der Waals surface area contributed by atoms with E-state index < -0.39 is 9.84 Å². The number of sulfone groups is 1. The maximum Gasteiger partial charge on any atom is 0.179 e. The maximum atomic E-state index is 12.1. The number of aliphatic hydroxyl groups excluding tert-OH is 1. The molecule has 0 bridgehead atoms. The van der Waals surface area contributed by atoms with Crippen LogP contribution in [0.15, 0.2) is 29.2 Å². The summed E-state index contributed by atoms with van der Waals surface area (Å²) < 4.78 is 24.2. The number of aliphatic hydroxyl groups is 1. The van der Waals surface area contributed by atoms with E-state index in [0.717, 1.165) is 0 Å². The summed E-state index contributed by atoms with van der Waals surface area (Å²) in [5.41, 5.74) is 0.437. The van der Waals surface area contributed by atoms with Crippen molar-refractivity contribution in [3.05, 3.63) is 29.8 Å². The number of nitrogens with one attached hydrogen (secondary N) is 1. The molecule has 6 heteroatoms. The first-order chi connectivity index (χ1) is 9.40. The number of benzene rings is 1. The summed E-state index contributed by atoms with van der Waals surface area (Å²) in [6.07, 6.45) is 0. The lowest BCUT2D eigenvalue weighted by molar-refractivity contribution is 0.208. The molecule has 0 saturated heterocycles. The molecule has 1 aromatic carbocycles. The Hall–Kier alpha value is -1.42. The van der Waals surface area contributed by atoms with Crippen molar-refractivity contribution in [3.8, 4) is 6.07 Å². The second-order valence-corrected chi connectivity index (χ2v) is 6.97. The Balaban J connectivity index is 2.59. The van der Waals surface area contributed by atoms with Gasteiger partial charge in [0.25, 0.3) is 0 Å². The number of nitriles is 1. The Morgan fingerprint density at radius 1 is 1.30 bits per heavy atom. The Labute approximate surface area is 120 Å². The molecule has 0 aliphatic heterocycles. The molecule has 20 heavy (non-hydrogen) atoms. The molecule has 0 fully saturated rings. The Bertz CT molecular complexity index is 561. The van der Waals surface area contributed by atoms with Crippen molar-refractivity contribution in [1.29, 1.82) is 5.26 Å². The molecule has 0 aromatic heterocycles. The lowest BCUT2D eigenvalue weighted by atomic mass is 10.1.